The molecule has 27 heavy (non-hydrogen) atoms. The van der Waals surface area contributed by atoms with E-state index in [1.165, 1.54) is 11.1 Å². The summed E-state index contributed by atoms with van der Waals surface area (Å²) in [5, 5.41) is 10.1. The van der Waals surface area contributed by atoms with Crippen LogP contribution >= 0.6 is 0 Å². The van der Waals surface area contributed by atoms with Crippen molar-refractivity contribution in [2.24, 2.45) is 0 Å². The van der Waals surface area contributed by atoms with Crippen LogP contribution in [0.2, 0.25) is 0 Å². The van der Waals surface area contributed by atoms with Gasteiger partial charge in [0, 0.05) is 62.1 Å². The number of aliphatic hydroxyl groups excluding tert-OH is 1. The third-order valence-corrected chi connectivity index (χ3v) is 5.85. The van der Waals surface area contributed by atoms with Gasteiger partial charge < -0.3 is 5.11 Å². The third kappa shape index (κ3) is 4.37. The molecule has 4 rings (SSSR count). The van der Waals surface area contributed by atoms with Gasteiger partial charge in [0.05, 0.1) is 6.10 Å². The van der Waals surface area contributed by atoms with Gasteiger partial charge in [-0.25, -0.2) is 9.97 Å². The summed E-state index contributed by atoms with van der Waals surface area (Å²) in [6.07, 6.45) is 5.71. The van der Waals surface area contributed by atoms with Crippen molar-refractivity contribution in [3.05, 3.63) is 59.7 Å². The lowest BCUT2D eigenvalue weighted by Gasteiger charge is -2.43. The Morgan fingerprint density at radius 1 is 1.04 bits per heavy atom. The highest BCUT2D eigenvalue weighted by Crippen LogP contribution is 2.27. The lowest BCUT2D eigenvalue weighted by Crippen LogP contribution is -2.56. The molecule has 1 aromatic heterocycles. The molecule has 0 radical (unpaired) electrons. The van der Waals surface area contributed by atoms with Crippen molar-refractivity contribution < 1.29 is 5.11 Å². The molecule has 1 N–H and O–H groups in total. The van der Waals surface area contributed by atoms with Crippen LogP contribution in [0.25, 0.3) is 0 Å². The summed E-state index contributed by atoms with van der Waals surface area (Å²) in [6.45, 7) is 7.94. The standard InChI is InChI=1S/C22H30N4O/c1-16(2)22-23-10-18(11-24-22)12-25-14-20-9-21(27)15-26(20)13-19(25)8-17-6-4-3-5-7-17/h3-7,10-11,16,19-21,27H,8-9,12-15H2,1-2H3/t19-,20-,21+/m0/s1. The molecule has 3 heterocycles. The molecule has 2 fully saturated rings. The SMILES string of the molecule is CC(C)c1ncc(CN2C[C@@H]3C[C@@H](O)CN3C[C@@H]2Cc2ccccc2)cn1. The summed E-state index contributed by atoms with van der Waals surface area (Å²) in [5.74, 6) is 1.26. The summed E-state index contributed by atoms with van der Waals surface area (Å²) in [7, 11) is 0. The topological polar surface area (TPSA) is 52.5 Å². The minimum absolute atomic E-state index is 0.180. The van der Waals surface area contributed by atoms with Crippen molar-refractivity contribution in [3.8, 4) is 0 Å². The van der Waals surface area contributed by atoms with Gasteiger partial charge in [0.15, 0.2) is 0 Å². The van der Waals surface area contributed by atoms with Crippen molar-refractivity contribution in [3.63, 3.8) is 0 Å². The summed E-state index contributed by atoms with van der Waals surface area (Å²) in [4.78, 5) is 14.1. The minimum Gasteiger partial charge on any atom is -0.392 e. The summed E-state index contributed by atoms with van der Waals surface area (Å²) in [6, 6.07) is 11.6. The lowest BCUT2D eigenvalue weighted by molar-refractivity contribution is 0.0443. The van der Waals surface area contributed by atoms with Gasteiger partial charge >= 0.3 is 0 Å². The van der Waals surface area contributed by atoms with Gasteiger partial charge in [-0.2, -0.15) is 0 Å². The van der Waals surface area contributed by atoms with Crippen LogP contribution in [0.1, 0.15) is 43.1 Å². The zero-order valence-electron chi connectivity index (χ0n) is 16.3. The van der Waals surface area contributed by atoms with Crippen molar-refractivity contribution in [2.75, 3.05) is 19.6 Å². The Labute approximate surface area is 162 Å². The van der Waals surface area contributed by atoms with Gasteiger partial charge in [0.1, 0.15) is 5.82 Å². The van der Waals surface area contributed by atoms with Gasteiger partial charge in [0.25, 0.3) is 0 Å². The van der Waals surface area contributed by atoms with Crippen LogP contribution in [-0.2, 0) is 13.0 Å². The van der Waals surface area contributed by atoms with E-state index in [0.717, 1.165) is 44.8 Å². The Hall–Kier alpha value is -1.82. The number of nitrogens with zero attached hydrogens (tertiary/aromatic N) is 4. The molecule has 2 aliphatic rings. The van der Waals surface area contributed by atoms with Crippen LogP contribution in [0, 0.1) is 0 Å². The highest BCUT2D eigenvalue weighted by molar-refractivity contribution is 5.17. The zero-order chi connectivity index (χ0) is 18.8. The molecule has 0 saturated carbocycles. The Morgan fingerprint density at radius 3 is 2.48 bits per heavy atom. The Kier molecular flexibility index (Phi) is 5.53. The van der Waals surface area contributed by atoms with Crippen molar-refractivity contribution in [1.82, 2.24) is 19.8 Å². The van der Waals surface area contributed by atoms with Crippen molar-refractivity contribution in [2.45, 2.75) is 57.3 Å². The summed E-state index contributed by atoms with van der Waals surface area (Å²) >= 11 is 0. The van der Waals surface area contributed by atoms with E-state index >= 15 is 0 Å². The number of benzene rings is 1. The van der Waals surface area contributed by atoms with Gasteiger partial charge in [-0.15, -0.1) is 0 Å². The number of fused-ring (bicyclic) bond motifs is 1. The first kappa shape index (κ1) is 18.5. The third-order valence-electron chi connectivity index (χ3n) is 5.85. The molecule has 5 nitrogen and oxygen atoms in total. The van der Waals surface area contributed by atoms with E-state index < -0.39 is 0 Å². The van der Waals surface area contributed by atoms with Gasteiger partial charge in [-0.3, -0.25) is 9.80 Å². The molecule has 0 aliphatic carbocycles. The normalized spacial score (nSPS) is 26.4. The van der Waals surface area contributed by atoms with Gasteiger partial charge in [-0.05, 0) is 18.4 Å². The molecule has 1 aromatic carbocycles. The van der Waals surface area contributed by atoms with Gasteiger partial charge in [0.2, 0.25) is 0 Å². The number of hydrogen-bond donors (Lipinski definition) is 1. The molecular weight excluding hydrogens is 336 g/mol. The first-order valence-electron chi connectivity index (χ1n) is 10.1. The molecule has 0 bridgehead atoms. The molecule has 3 atom stereocenters. The van der Waals surface area contributed by atoms with Crippen LogP contribution in [0.5, 0.6) is 0 Å². The average molecular weight is 367 g/mol. The lowest BCUT2D eigenvalue weighted by atomic mass is 9.99. The molecule has 0 unspecified atom stereocenters. The predicted molar refractivity (Wildman–Crippen MR) is 106 cm³/mol. The van der Waals surface area contributed by atoms with Gasteiger partial charge in [-0.1, -0.05) is 44.2 Å². The number of aliphatic hydroxyl groups is 1. The quantitative estimate of drug-likeness (QED) is 0.881. The Balaban J connectivity index is 1.51. The van der Waals surface area contributed by atoms with Crippen LogP contribution in [0.3, 0.4) is 0 Å². The minimum atomic E-state index is -0.180. The molecular formula is C22H30N4O. The van der Waals surface area contributed by atoms with E-state index in [1.54, 1.807) is 0 Å². The van der Waals surface area contributed by atoms with Crippen LogP contribution in [0.15, 0.2) is 42.7 Å². The largest absolute Gasteiger partial charge is 0.392 e. The second kappa shape index (κ2) is 8.05. The number of rotatable bonds is 5. The molecule has 2 aromatic rings. The van der Waals surface area contributed by atoms with E-state index in [9.17, 15) is 5.11 Å². The molecule has 5 heteroatoms. The fourth-order valence-corrected chi connectivity index (χ4v) is 4.43. The van der Waals surface area contributed by atoms with E-state index in [2.05, 4.69) is 63.9 Å². The van der Waals surface area contributed by atoms with E-state index in [0.29, 0.717) is 18.0 Å². The number of piperazine rings is 1. The first-order valence-corrected chi connectivity index (χ1v) is 10.1. The smallest absolute Gasteiger partial charge is 0.130 e. The maximum atomic E-state index is 10.1. The fourth-order valence-electron chi connectivity index (χ4n) is 4.43. The van der Waals surface area contributed by atoms with E-state index in [1.807, 2.05) is 12.4 Å². The summed E-state index contributed by atoms with van der Waals surface area (Å²) in [5.41, 5.74) is 2.54. The zero-order valence-corrected chi connectivity index (χ0v) is 16.3. The maximum absolute atomic E-state index is 10.1. The van der Waals surface area contributed by atoms with Crippen LogP contribution in [0.4, 0.5) is 0 Å². The number of aromatic nitrogens is 2. The molecule has 2 aliphatic heterocycles. The van der Waals surface area contributed by atoms with E-state index in [-0.39, 0.29) is 6.10 Å². The van der Waals surface area contributed by atoms with Crippen LogP contribution in [-0.4, -0.2) is 62.7 Å². The average Bonchev–Trinajstić information content (AvgIpc) is 3.02. The first-order chi connectivity index (χ1) is 13.1. The van der Waals surface area contributed by atoms with Crippen molar-refractivity contribution >= 4 is 0 Å². The predicted octanol–water partition coefficient (Wildman–Crippen LogP) is 2.46. The number of hydrogen-bond acceptors (Lipinski definition) is 5. The fraction of sp³-hybridized carbons (Fsp3) is 0.545. The highest BCUT2D eigenvalue weighted by atomic mass is 16.3. The van der Waals surface area contributed by atoms with Crippen LogP contribution < -0.4 is 0 Å². The van der Waals surface area contributed by atoms with Crippen molar-refractivity contribution in [1.29, 1.82) is 0 Å². The van der Waals surface area contributed by atoms with E-state index in [4.69, 9.17) is 0 Å². The molecule has 2 saturated heterocycles. The Bertz CT molecular complexity index is 734. The summed E-state index contributed by atoms with van der Waals surface area (Å²) < 4.78 is 0. The highest BCUT2D eigenvalue weighted by Gasteiger charge is 2.39. The monoisotopic (exact) mass is 366 g/mol. The second-order valence-electron chi connectivity index (χ2n) is 8.37. The second-order valence-corrected chi connectivity index (χ2v) is 8.37. The maximum Gasteiger partial charge on any atom is 0.130 e. The molecule has 0 amide bonds. The Morgan fingerprint density at radius 2 is 1.78 bits per heavy atom. The molecule has 0 spiro atoms. The molecule has 144 valence electrons.